The smallest absolute Gasteiger partial charge is 0.224 e. The molecule has 2 aliphatic carbocycles. The standard InChI is InChI=1S/C24H26Cl2N8O/c25-17-8-13(10-27)9-18(26)21(17)32-24-31-19-12-29-23(30-15-2-1-3-15)33-22(19)34(24)16-6-4-14(5-7-16)20(35)11-28/h8-9,12,14-16H,1-7,11,28H2,(H,31,32)(H,29,30,33). The zero-order valence-electron chi connectivity index (χ0n) is 19.1. The number of nitrogens with zero attached hydrogens (tertiary/aromatic N) is 5. The van der Waals surface area contributed by atoms with Gasteiger partial charge >= 0.3 is 0 Å². The van der Waals surface area contributed by atoms with E-state index in [1.54, 1.807) is 18.3 Å². The van der Waals surface area contributed by atoms with Crippen LogP contribution in [0.15, 0.2) is 18.3 Å². The van der Waals surface area contributed by atoms with E-state index in [1.165, 1.54) is 6.42 Å². The lowest BCUT2D eigenvalue weighted by Gasteiger charge is -2.30. The van der Waals surface area contributed by atoms with Crippen LogP contribution >= 0.6 is 23.2 Å². The molecule has 2 aromatic heterocycles. The van der Waals surface area contributed by atoms with Crippen molar-refractivity contribution >= 4 is 57.7 Å². The summed E-state index contributed by atoms with van der Waals surface area (Å²) in [7, 11) is 0. The number of hydrogen-bond donors (Lipinski definition) is 3. The Kier molecular flexibility index (Phi) is 6.78. The van der Waals surface area contributed by atoms with Crippen molar-refractivity contribution in [2.75, 3.05) is 17.2 Å². The van der Waals surface area contributed by atoms with Gasteiger partial charge in [0, 0.05) is 18.0 Å². The highest BCUT2D eigenvalue weighted by Crippen LogP contribution is 2.39. The number of ketones is 1. The summed E-state index contributed by atoms with van der Waals surface area (Å²) in [5.41, 5.74) is 7.79. The van der Waals surface area contributed by atoms with Crippen LogP contribution in [0.1, 0.15) is 56.6 Å². The first-order valence-electron chi connectivity index (χ1n) is 11.9. The number of hydrogen-bond acceptors (Lipinski definition) is 8. The van der Waals surface area contributed by atoms with Crippen molar-refractivity contribution in [2.45, 2.75) is 57.0 Å². The molecule has 0 amide bonds. The Hall–Kier alpha value is -2.93. The number of rotatable bonds is 7. The molecule has 35 heavy (non-hydrogen) atoms. The molecule has 182 valence electrons. The Labute approximate surface area is 213 Å². The summed E-state index contributed by atoms with van der Waals surface area (Å²) < 4.78 is 2.07. The average Bonchev–Trinajstić information content (AvgIpc) is 3.20. The monoisotopic (exact) mass is 512 g/mol. The summed E-state index contributed by atoms with van der Waals surface area (Å²) in [6.07, 6.45) is 8.26. The molecule has 11 heteroatoms. The van der Waals surface area contributed by atoms with Gasteiger partial charge < -0.3 is 16.4 Å². The predicted octanol–water partition coefficient (Wildman–Crippen LogP) is 4.97. The van der Waals surface area contributed by atoms with Crippen molar-refractivity contribution in [3.63, 3.8) is 0 Å². The maximum absolute atomic E-state index is 12.2. The van der Waals surface area contributed by atoms with Crippen molar-refractivity contribution in [3.05, 3.63) is 33.9 Å². The maximum atomic E-state index is 12.2. The number of halogens is 2. The van der Waals surface area contributed by atoms with Gasteiger partial charge in [-0.3, -0.25) is 9.36 Å². The van der Waals surface area contributed by atoms with Crippen LogP contribution in [0.25, 0.3) is 11.2 Å². The third kappa shape index (κ3) is 4.79. The van der Waals surface area contributed by atoms with Crippen molar-refractivity contribution in [1.82, 2.24) is 19.5 Å². The number of imidazole rings is 1. The van der Waals surface area contributed by atoms with Gasteiger partial charge in [-0.15, -0.1) is 0 Å². The topological polar surface area (TPSA) is 135 Å². The van der Waals surface area contributed by atoms with Crippen LogP contribution in [-0.4, -0.2) is 37.9 Å². The molecule has 2 saturated carbocycles. The quantitative estimate of drug-likeness (QED) is 0.403. The van der Waals surface area contributed by atoms with E-state index < -0.39 is 0 Å². The predicted molar refractivity (Wildman–Crippen MR) is 136 cm³/mol. The van der Waals surface area contributed by atoms with Crippen molar-refractivity contribution in [2.24, 2.45) is 11.7 Å². The number of nitrogens with two attached hydrogens (primary N) is 1. The van der Waals surface area contributed by atoms with Crippen LogP contribution in [-0.2, 0) is 4.79 Å². The molecular weight excluding hydrogens is 487 g/mol. The fourth-order valence-electron chi connectivity index (χ4n) is 4.82. The molecule has 5 rings (SSSR count). The van der Waals surface area contributed by atoms with Crippen LogP contribution in [0.4, 0.5) is 17.6 Å². The van der Waals surface area contributed by atoms with E-state index in [-0.39, 0.29) is 24.3 Å². The van der Waals surface area contributed by atoms with E-state index in [2.05, 4.69) is 26.3 Å². The highest BCUT2D eigenvalue weighted by molar-refractivity contribution is 6.39. The lowest BCUT2D eigenvalue weighted by molar-refractivity contribution is -0.122. The first-order valence-corrected chi connectivity index (χ1v) is 12.6. The largest absolute Gasteiger partial charge is 0.351 e. The number of carbonyl (C=O) groups excluding carboxylic acids is 1. The Morgan fingerprint density at radius 2 is 1.86 bits per heavy atom. The SMILES string of the molecule is N#Cc1cc(Cl)c(Nc2nc3cnc(NC4CCC4)nc3n2C2CCC(C(=O)CN)CC2)c(Cl)c1. The van der Waals surface area contributed by atoms with E-state index in [9.17, 15) is 10.1 Å². The van der Waals surface area contributed by atoms with E-state index in [0.29, 0.717) is 50.4 Å². The second-order valence-corrected chi connectivity index (χ2v) is 10.0. The molecular formula is C24H26Cl2N8O. The van der Waals surface area contributed by atoms with E-state index in [0.717, 1.165) is 38.5 Å². The molecule has 0 unspecified atom stereocenters. The average molecular weight is 513 g/mol. The zero-order valence-corrected chi connectivity index (χ0v) is 20.6. The van der Waals surface area contributed by atoms with Gasteiger partial charge in [-0.1, -0.05) is 23.2 Å². The van der Waals surface area contributed by atoms with Crippen molar-refractivity contribution in [1.29, 1.82) is 5.26 Å². The lowest BCUT2D eigenvalue weighted by Crippen LogP contribution is -2.29. The molecule has 0 atom stereocenters. The van der Waals surface area contributed by atoms with Crippen molar-refractivity contribution < 1.29 is 4.79 Å². The molecule has 1 aromatic carbocycles. The number of benzene rings is 1. The van der Waals surface area contributed by atoms with E-state index in [1.807, 2.05) is 0 Å². The third-order valence-electron chi connectivity index (χ3n) is 7.00. The molecule has 2 aliphatic rings. The molecule has 0 aliphatic heterocycles. The summed E-state index contributed by atoms with van der Waals surface area (Å²) in [5, 5.41) is 16.5. The molecule has 3 aromatic rings. The Morgan fingerprint density at radius 1 is 1.14 bits per heavy atom. The van der Waals surface area contributed by atoms with E-state index >= 15 is 0 Å². The van der Waals surface area contributed by atoms with Crippen molar-refractivity contribution in [3.8, 4) is 6.07 Å². The Bertz CT molecular complexity index is 1280. The molecule has 9 nitrogen and oxygen atoms in total. The fraction of sp³-hybridized carbons (Fsp3) is 0.458. The van der Waals surface area contributed by atoms with Gasteiger partial charge in [0.1, 0.15) is 11.3 Å². The summed E-state index contributed by atoms with van der Waals surface area (Å²) in [4.78, 5) is 26.2. The minimum Gasteiger partial charge on any atom is -0.351 e. The second kappa shape index (κ2) is 9.97. The van der Waals surface area contributed by atoms with Gasteiger partial charge in [-0.05, 0) is 57.1 Å². The molecule has 2 heterocycles. The number of aromatic nitrogens is 4. The van der Waals surface area contributed by atoms with Crippen LogP contribution in [0.3, 0.4) is 0 Å². The minimum absolute atomic E-state index is 0.00432. The summed E-state index contributed by atoms with van der Waals surface area (Å²) in [6, 6.07) is 5.65. The number of nitrogens with one attached hydrogen (secondary N) is 2. The van der Waals surface area contributed by atoms with Gasteiger partial charge in [0.15, 0.2) is 5.65 Å². The summed E-state index contributed by atoms with van der Waals surface area (Å²) in [6.45, 7) is 0.0786. The Balaban J connectivity index is 1.53. The zero-order chi connectivity index (χ0) is 24.5. The van der Waals surface area contributed by atoms with Crippen LogP contribution in [0, 0.1) is 17.2 Å². The second-order valence-electron chi connectivity index (χ2n) is 9.21. The maximum Gasteiger partial charge on any atom is 0.224 e. The highest BCUT2D eigenvalue weighted by Gasteiger charge is 2.30. The Morgan fingerprint density at radius 3 is 2.46 bits per heavy atom. The molecule has 0 bridgehead atoms. The van der Waals surface area contributed by atoms with Gasteiger partial charge in [0.2, 0.25) is 11.9 Å². The van der Waals surface area contributed by atoms with Crippen LogP contribution in [0.2, 0.25) is 10.0 Å². The lowest BCUT2D eigenvalue weighted by atomic mass is 9.83. The molecule has 0 radical (unpaired) electrons. The van der Waals surface area contributed by atoms with Gasteiger partial charge in [-0.25, -0.2) is 9.97 Å². The number of fused-ring (bicyclic) bond motifs is 1. The third-order valence-corrected chi connectivity index (χ3v) is 7.59. The number of Topliss-reactive ketones (excluding diaryl/α,β-unsaturated/α-hetero) is 1. The summed E-state index contributed by atoms with van der Waals surface area (Å²) >= 11 is 12.9. The normalized spacial score (nSPS) is 20.3. The number of anilines is 3. The minimum atomic E-state index is -0.00432. The first-order chi connectivity index (χ1) is 17.0. The molecule has 0 spiro atoms. The van der Waals surface area contributed by atoms with Gasteiger partial charge in [0.05, 0.1) is 40.1 Å². The molecule has 2 fully saturated rings. The fourth-order valence-corrected chi connectivity index (χ4v) is 5.40. The highest BCUT2D eigenvalue weighted by atomic mass is 35.5. The van der Waals surface area contributed by atoms with Crippen LogP contribution < -0.4 is 16.4 Å². The summed E-state index contributed by atoms with van der Waals surface area (Å²) in [5.74, 6) is 1.23. The van der Waals surface area contributed by atoms with Gasteiger partial charge in [-0.2, -0.15) is 10.2 Å². The first kappa shape index (κ1) is 23.8. The van der Waals surface area contributed by atoms with E-state index in [4.69, 9.17) is 38.9 Å². The van der Waals surface area contributed by atoms with Gasteiger partial charge in [0.25, 0.3) is 0 Å². The molecule has 0 saturated heterocycles. The number of carbonyl (C=O) groups is 1. The number of nitriles is 1. The van der Waals surface area contributed by atoms with Crippen LogP contribution in [0.5, 0.6) is 0 Å². The molecule has 4 N–H and O–H groups in total.